The number of pyridine rings is 1. The lowest BCUT2D eigenvalue weighted by Crippen LogP contribution is -2.28. The summed E-state index contributed by atoms with van der Waals surface area (Å²) in [5.41, 5.74) is 0.988. The van der Waals surface area contributed by atoms with Crippen LogP contribution in [0.15, 0.2) is 50.8 Å². The fourth-order valence-electron chi connectivity index (χ4n) is 4.43. The van der Waals surface area contributed by atoms with Crippen molar-refractivity contribution in [2.24, 2.45) is 0 Å². The van der Waals surface area contributed by atoms with E-state index < -0.39 is 10.0 Å². The SMILES string of the molecule is O=S(=O)(c1cccs1)N1C[C@@H](c2cccnc2)[C@H](c2nc(C3CCCC3)no2)C1. The van der Waals surface area contributed by atoms with Gasteiger partial charge in [-0.2, -0.15) is 9.29 Å². The van der Waals surface area contributed by atoms with E-state index in [4.69, 9.17) is 9.51 Å². The Hall–Kier alpha value is -2.10. The zero-order valence-corrected chi connectivity index (χ0v) is 17.5. The monoisotopic (exact) mass is 430 g/mol. The van der Waals surface area contributed by atoms with Gasteiger partial charge in [-0.15, -0.1) is 11.3 Å². The summed E-state index contributed by atoms with van der Waals surface area (Å²) in [6.07, 6.45) is 8.10. The lowest BCUT2D eigenvalue weighted by molar-refractivity contribution is 0.342. The van der Waals surface area contributed by atoms with E-state index in [1.807, 2.05) is 12.1 Å². The standard InChI is InChI=1S/C20H22N4O3S2/c25-29(26,18-8-4-10-28-18)24-12-16(15-7-3-9-21-11-15)17(13-24)20-22-19(23-27-20)14-5-1-2-6-14/h3-4,7-11,14,16-17H,1-2,5-6,12-13H2/t16-,17+/m0/s1. The van der Waals surface area contributed by atoms with Gasteiger partial charge in [-0.1, -0.05) is 30.1 Å². The Bertz CT molecular complexity index is 1060. The van der Waals surface area contributed by atoms with Crippen LogP contribution >= 0.6 is 11.3 Å². The predicted molar refractivity (Wildman–Crippen MR) is 108 cm³/mol. The van der Waals surface area contributed by atoms with Gasteiger partial charge in [0.1, 0.15) is 4.21 Å². The molecule has 4 heterocycles. The second-order valence-electron chi connectivity index (χ2n) is 7.73. The molecular formula is C20H22N4O3S2. The molecule has 2 fully saturated rings. The van der Waals surface area contributed by atoms with Gasteiger partial charge in [-0.05, 0) is 35.9 Å². The van der Waals surface area contributed by atoms with Crippen molar-refractivity contribution in [3.8, 4) is 0 Å². The zero-order chi connectivity index (χ0) is 19.8. The van der Waals surface area contributed by atoms with Crippen molar-refractivity contribution >= 4 is 21.4 Å². The third-order valence-corrected chi connectivity index (χ3v) is 9.19. The molecule has 5 rings (SSSR count). The van der Waals surface area contributed by atoms with E-state index in [0.29, 0.717) is 29.1 Å². The molecule has 152 valence electrons. The average molecular weight is 431 g/mol. The summed E-state index contributed by atoms with van der Waals surface area (Å²) in [6.45, 7) is 0.698. The Morgan fingerprint density at radius 2 is 1.93 bits per heavy atom. The average Bonchev–Trinajstić information content (AvgIpc) is 3.54. The van der Waals surface area contributed by atoms with Crippen molar-refractivity contribution in [1.82, 2.24) is 19.4 Å². The number of aromatic nitrogens is 3. The molecule has 0 aromatic carbocycles. The first-order chi connectivity index (χ1) is 14.1. The second kappa shape index (κ2) is 7.62. The molecule has 3 aromatic rings. The number of hydrogen-bond acceptors (Lipinski definition) is 7. The minimum atomic E-state index is -3.54. The number of thiophene rings is 1. The van der Waals surface area contributed by atoms with Gasteiger partial charge in [0.15, 0.2) is 5.82 Å². The minimum Gasteiger partial charge on any atom is -0.339 e. The van der Waals surface area contributed by atoms with Gasteiger partial charge in [-0.25, -0.2) is 8.42 Å². The Balaban J connectivity index is 1.48. The van der Waals surface area contributed by atoms with Crippen LogP contribution in [-0.4, -0.2) is 40.9 Å². The summed E-state index contributed by atoms with van der Waals surface area (Å²) < 4.78 is 33.8. The molecule has 7 nitrogen and oxygen atoms in total. The van der Waals surface area contributed by atoms with Gasteiger partial charge in [0.2, 0.25) is 5.89 Å². The lowest BCUT2D eigenvalue weighted by atomic mass is 9.90. The molecule has 0 N–H and O–H groups in total. The first kappa shape index (κ1) is 18.9. The van der Waals surface area contributed by atoms with E-state index in [1.54, 1.807) is 34.2 Å². The maximum atomic E-state index is 13.1. The highest BCUT2D eigenvalue weighted by Crippen LogP contribution is 2.42. The van der Waals surface area contributed by atoms with Crippen LogP contribution in [0.3, 0.4) is 0 Å². The van der Waals surface area contributed by atoms with Crippen LogP contribution in [0.1, 0.15) is 60.7 Å². The van der Waals surface area contributed by atoms with Crippen molar-refractivity contribution < 1.29 is 12.9 Å². The smallest absolute Gasteiger partial charge is 0.252 e. The van der Waals surface area contributed by atoms with Crippen LogP contribution in [0, 0.1) is 0 Å². The third kappa shape index (κ3) is 3.51. The first-order valence-corrected chi connectivity index (χ1v) is 12.2. The number of rotatable bonds is 5. The Morgan fingerprint density at radius 1 is 1.10 bits per heavy atom. The van der Waals surface area contributed by atoms with Crippen LogP contribution in [0.5, 0.6) is 0 Å². The minimum absolute atomic E-state index is 0.0738. The molecule has 1 aliphatic heterocycles. The molecule has 0 bridgehead atoms. The fourth-order valence-corrected chi connectivity index (χ4v) is 7.07. The van der Waals surface area contributed by atoms with Gasteiger partial charge in [0.05, 0.1) is 5.92 Å². The first-order valence-electron chi connectivity index (χ1n) is 9.90. The van der Waals surface area contributed by atoms with E-state index in [2.05, 4.69) is 10.1 Å². The zero-order valence-electron chi connectivity index (χ0n) is 15.8. The van der Waals surface area contributed by atoms with Crippen molar-refractivity contribution in [2.75, 3.05) is 13.1 Å². The molecule has 29 heavy (non-hydrogen) atoms. The molecule has 1 aliphatic carbocycles. The summed E-state index contributed by atoms with van der Waals surface area (Å²) in [4.78, 5) is 8.94. The van der Waals surface area contributed by atoms with Crippen LogP contribution in [0.4, 0.5) is 0 Å². The topological polar surface area (TPSA) is 89.2 Å². The van der Waals surface area contributed by atoms with E-state index in [9.17, 15) is 8.42 Å². The quantitative estimate of drug-likeness (QED) is 0.612. The maximum Gasteiger partial charge on any atom is 0.252 e. The van der Waals surface area contributed by atoms with Gasteiger partial charge in [0, 0.05) is 37.3 Å². The van der Waals surface area contributed by atoms with Crippen LogP contribution < -0.4 is 0 Å². The summed E-state index contributed by atoms with van der Waals surface area (Å²) in [5, 5.41) is 6.02. The van der Waals surface area contributed by atoms with Crippen molar-refractivity contribution in [2.45, 2.75) is 47.6 Å². The van der Waals surface area contributed by atoms with Crippen molar-refractivity contribution in [3.63, 3.8) is 0 Å². The van der Waals surface area contributed by atoms with E-state index in [1.165, 1.54) is 24.2 Å². The highest BCUT2D eigenvalue weighted by molar-refractivity contribution is 7.91. The number of sulfonamides is 1. The number of nitrogens with zero attached hydrogens (tertiary/aromatic N) is 4. The van der Waals surface area contributed by atoms with E-state index >= 15 is 0 Å². The van der Waals surface area contributed by atoms with E-state index in [-0.39, 0.29) is 11.8 Å². The Kier molecular flexibility index (Phi) is 4.97. The molecule has 1 saturated heterocycles. The Morgan fingerprint density at radius 3 is 2.66 bits per heavy atom. The van der Waals surface area contributed by atoms with Gasteiger partial charge in [-0.3, -0.25) is 4.98 Å². The van der Waals surface area contributed by atoms with Gasteiger partial charge in [0.25, 0.3) is 10.0 Å². The summed E-state index contributed by atoms with van der Waals surface area (Å²) in [5.74, 6) is 1.40. The summed E-state index contributed by atoms with van der Waals surface area (Å²) in [6, 6.07) is 7.27. The summed E-state index contributed by atoms with van der Waals surface area (Å²) in [7, 11) is -3.54. The van der Waals surface area contributed by atoms with Crippen molar-refractivity contribution in [3.05, 3.63) is 59.3 Å². The van der Waals surface area contributed by atoms with Crippen LogP contribution in [0.2, 0.25) is 0 Å². The molecule has 3 aromatic heterocycles. The molecule has 2 aliphatic rings. The lowest BCUT2D eigenvalue weighted by Gasteiger charge is -2.15. The molecular weight excluding hydrogens is 408 g/mol. The van der Waals surface area contributed by atoms with Crippen molar-refractivity contribution in [1.29, 1.82) is 0 Å². The molecule has 0 spiro atoms. The second-order valence-corrected chi connectivity index (χ2v) is 10.8. The van der Waals surface area contributed by atoms with Crippen LogP contribution in [-0.2, 0) is 10.0 Å². The van der Waals surface area contributed by atoms with E-state index in [0.717, 1.165) is 24.2 Å². The molecule has 0 amide bonds. The number of hydrogen-bond donors (Lipinski definition) is 0. The summed E-state index contributed by atoms with van der Waals surface area (Å²) >= 11 is 1.24. The molecule has 1 saturated carbocycles. The fraction of sp³-hybridized carbons (Fsp3) is 0.450. The molecule has 2 atom stereocenters. The normalized spacial score (nSPS) is 23.7. The Labute approximate surface area is 173 Å². The largest absolute Gasteiger partial charge is 0.339 e. The predicted octanol–water partition coefficient (Wildman–Crippen LogP) is 3.76. The molecule has 9 heteroatoms. The van der Waals surface area contributed by atoms with Gasteiger partial charge >= 0.3 is 0 Å². The highest BCUT2D eigenvalue weighted by Gasteiger charge is 2.44. The van der Waals surface area contributed by atoms with Crippen LogP contribution in [0.25, 0.3) is 0 Å². The van der Waals surface area contributed by atoms with Gasteiger partial charge < -0.3 is 4.52 Å². The molecule has 0 unspecified atom stereocenters. The third-order valence-electron chi connectivity index (χ3n) is 5.98. The maximum absolute atomic E-state index is 13.1. The molecule has 0 radical (unpaired) electrons. The highest BCUT2D eigenvalue weighted by atomic mass is 32.2.